The minimum Gasteiger partial charge on any atom is -0.495 e. The number of nitrogens with zero attached hydrogens (tertiary/aromatic N) is 2. The third-order valence-corrected chi connectivity index (χ3v) is 5.55. The number of hydrogen-bond acceptors (Lipinski definition) is 6. The van der Waals surface area contributed by atoms with Gasteiger partial charge in [0.05, 0.1) is 12.6 Å². The molecule has 130 valence electrons. The molecule has 25 heavy (non-hydrogen) atoms. The van der Waals surface area contributed by atoms with Crippen molar-refractivity contribution in [3.8, 4) is 5.75 Å². The highest BCUT2D eigenvalue weighted by Gasteiger charge is 2.22. The van der Waals surface area contributed by atoms with Crippen molar-refractivity contribution >= 4 is 50.1 Å². The molecule has 0 radical (unpaired) electrons. The summed E-state index contributed by atoms with van der Waals surface area (Å²) < 4.78 is 33.4. The van der Waals surface area contributed by atoms with E-state index in [1.54, 1.807) is 24.3 Å². The van der Waals surface area contributed by atoms with Gasteiger partial charge >= 0.3 is 0 Å². The van der Waals surface area contributed by atoms with Gasteiger partial charge in [-0.2, -0.15) is 0 Å². The maximum absolute atomic E-state index is 12.9. The Morgan fingerprint density at radius 3 is 2.64 bits per heavy atom. The number of benzene rings is 2. The lowest BCUT2D eigenvalue weighted by atomic mass is 10.2. The first-order valence-corrected chi connectivity index (χ1v) is 10.2. The topological polar surface area (TPSA) is 81.2 Å². The monoisotopic (exact) mass is 395 g/mol. The largest absolute Gasteiger partial charge is 0.495 e. The van der Waals surface area contributed by atoms with E-state index < -0.39 is 10.0 Å². The molecule has 0 saturated carbocycles. The van der Waals surface area contributed by atoms with Crippen molar-refractivity contribution in [2.45, 2.75) is 10.1 Å². The molecule has 0 aliphatic heterocycles. The predicted molar refractivity (Wildman–Crippen MR) is 100 cm³/mol. The van der Waals surface area contributed by atoms with E-state index in [9.17, 15) is 8.42 Å². The highest BCUT2D eigenvalue weighted by molar-refractivity contribution is 7.98. The van der Waals surface area contributed by atoms with Gasteiger partial charge in [0, 0.05) is 10.4 Å². The van der Waals surface area contributed by atoms with Crippen LogP contribution in [0.25, 0.3) is 10.9 Å². The number of methoxy groups -OCH3 is 1. The molecule has 3 aromatic rings. The minimum absolute atomic E-state index is 0.0594. The lowest BCUT2D eigenvalue weighted by Crippen LogP contribution is -2.16. The number of hydrogen-bond donors (Lipinski definition) is 1. The van der Waals surface area contributed by atoms with Crippen LogP contribution in [0, 0.1) is 0 Å². The fourth-order valence-corrected chi connectivity index (χ4v) is 4.09. The number of nitrogens with one attached hydrogen (secondary N) is 1. The average molecular weight is 396 g/mol. The van der Waals surface area contributed by atoms with Gasteiger partial charge in [-0.25, -0.2) is 18.4 Å². The Kier molecular flexibility index (Phi) is 5.03. The molecule has 0 spiro atoms. The molecular weight excluding hydrogens is 382 g/mol. The Balaban J connectivity index is 2.13. The van der Waals surface area contributed by atoms with Crippen LogP contribution in [0.1, 0.15) is 0 Å². The Morgan fingerprint density at radius 1 is 1.16 bits per heavy atom. The number of aromatic nitrogens is 2. The Hall–Kier alpha value is -2.03. The van der Waals surface area contributed by atoms with Gasteiger partial charge in [0.1, 0.15) is 10.6 Å². The number of ether oxygens (including phenoxy) is 1. The van der Waals surface area contributed by atoms with Crippen LogP contribution in [0.15, 0.2) is 52.5 Å². The number of halogens is 1. The second kappa shape index (κ2) is 7.07. The van der Waals surface area contributed by atoms with Crippen molar-refractivity contribution < 1.29 is 13.2 Å². The number of rotatable bonds is 5. The summed E-state index contributed by atoms with van der Waals surface area (Å²) in [6.07, 6.45) is 1.82. The van der Waals surface area contributed by atoms with E-state index in [0.29, 0.717) is 21.1 Å². The van der Waals surface area contributed by atoms with E-state index in [-0.39, 0.29) is 16.5 Å². The molecule has 6 nitrogen and oxygen atoms in total. The van der Waals surface area contributed by atoms with Crippen molar-refractivity contribution in [2.75, 3.05) is 18.1 Å². The van der Waals surface area contributed by atoms with Crippen molar-refractivity contribution in [3.63, 3.8) is 0 Å². The number of sulfonamides is 1. The van der Waals surface area contributed by atoms with Gasteiger partial charge in [-0.15, -0.1) is 0 Å². The number of fused-ring (bicyclic) bond motifs is 1. The van der Waals surface area contributed by atoms with Crippen LogP contribution in [-0.2, 0) is 10.0 Å². The second-order valence-electron chi connectivity index (χ2n) is 4.98. The number of thioether (sulfide) groups is 1. The molecular formula is C16H14ClN3O3S2. The zero-order chi connectivity index (χ0) is 18.0. The van der Waals surface area contributed by atoms with E-state index in [0.717, 1.165) is 0 Å². The first kappa shape index (κ1) is 17.8. The molecule has 0 fully saturated rings. The van der Waals surface area contributed by atoms with Crippen LogP contribution < -0.4 is 9.46 Å². The molecule has 0 amide bonds. The highest BCUT2D eigenvalue weighted by atomic mass is 35.5. The fraction of sp³-hybridized carbons (Fsp3) is 0.125. The van der Waals surface area contributed by atoms with Gasteiger partial charge in [-0.05, 0) is 36.6 Å². The van der Waals surface area contributed by atoms with E-state index >= 15 is 0 Å². The lowest BCUT2D eigenvalue weighted by molar-refractivity contribution is 0.403. The van der Waals surface area contributed by atoms with Gasteiger partial charge in [-0.3, -0.25) is 4.72 Å². The number of para-hydroxylation sites is 1. The van der Waals surface area contributed by atoms with Crippen LogP contribution in [0.2, 0.25) is 5.02 Å². The van der Waals surface area contributed by atoms with Crippen LogP contribution in [0.3, 0.4) is 0 Å². The van der Waals surface area contributed by atoms with Crippen LogP contribution >= 0.6 is 23.4 Å². The summed E-state index contributed by atoms with van der Waals surface area (Å²) >= 11 is 7.28. The maximum atomic E-state index is 12.9. The Morgan fingerprint density at radius 2 is 1.92 bits per heavy atom. The van der Waals surface area contributed by atoms with Gasteiger partial charge in [0.25, 0.3) is 10.0 Å². The first-order chi connectivity index (χ1) is 11.9. The van der Waals surface area contributed by atoms with Crippen molar-refractivity contribution in [1.82, 2.24) is 9.97 Å². The summed E-state index contributed by atoms with van der Waals surface area (Å²) in [6, 6.07) is 11.6. The molecule has 0 bridgehead atoms. The summed E-state index contributed by atoms with van der Waals surface area (Å²) in [6.45, 7) is 0. The standard InChI is InChI=1S/C16H14ClN3O3S2/c1-23-13-8-7-10(17)9-14(13)25(21,22)20-15-11-5-3-4-6-12(11)18-16(19-15)24-2/h3-9H,1-2H3,(H,18,19,20). The fourth-order valence-electron chi connectivity index (χ4n) is 2.27. The molecule has 1 N–H and O–H groups in total. The summed E-state index contributed by atoms with van der Waals surface area (Å²) in [5.41, 5.74) is 0.651. The predicted octanol–water partition coefficient (Wildman–Crippen LogP) is 3.81. The highest BCUT2D eigenvalue weighted by Crippen LogP contribution is 2.30. The third kappa shape index (κ3) is 3.65. The summed E-state index contributed by atoms with van der Waals surface area (Å²) in [5, 5.41) is 1.36. The smallest absolute Gasteiger partial charge is 0.266 e. The normalized spacial score (nSPS) is 11.5. The third-order valence-electron chi connectivity index (χ3n) is 3.41. The van der Waals surface area contributed by atoms with Crippen molar-refractivity contribution in [3.05, 3.63) is 47.5 Å². The number of anilines is 1. The van der Waals surface area contributed by atoms with Crippen molar-refractivity contribution in [1.29, 1.82) is 0 Å². The molecule has 0 aliphatic rings. The van der Waals surface area contributed by atoms with Gasteiger partial charge in [-0.1, -0.05) is 35.5 Å². The molecule has 9 heteroatoms. The molecule has 2 aromatic carbocycles. The molecule has 0 aliphatic carbocycles. The summed E-state index contributed by atoms with van der Waals surface area (Å²) in [7, 11) is -2.56. The molecule has 1 heterocycles. The zero-order valence-corrected chi connectivity index (χ0v) is 15.7. The average Bonchev–Trinajstić information content (AvgIpc) is 2.61. The minimum atomic E-state index is -3.95. The van der Waals surface area contributed by atoms with Gasteiger partial charge < -0.3 is 4.74 Å². The van der Waals surface area contributed by atoms with Gasteiger partial charge in [0.15, 0.2) is 11.0 Å². The molecule has 0 unspecified atom stereocenters. The second-order valence-corrected chi connectivity index (χ2v) is 7.84. The summed E-state index contributed by atoms with van der Waals surface area (Å²) in [5.74, 6) is 0.400. The van der Waals surface area contributed by atoms with Gasteiger partial charge in [0.2, 0.25) is 0 Å². The van der Waals surface area contributed by atoms with Crippen LogP contribution in [-0.4, -0.2) is 31.8 Å². The van der Waals surface area contributed by atoms with E-state index in [4.69, 9.17) is 16.3 Å². The zero-order valence-electron chi connectivity index (χ0n) is 13.4. The Labute approximate surface area is 154 Å². The van der Waals surface area contributed by atoms with E-state index in [2.05, 4.69) is 14.7 Å². The SMILES string of the molecule is COc1ccc(Cl)cc1S(=O)(=O)Nc1nc(SC)nc2ccccc12. The van der Waals surface area contributed by atoms with Crippen LogP contribution in [0.5, 0.6) is 5.75 Å². The quantitative estimate of drug-likeness (QED) is 0.522. The Bertz CT molecular complexity index is 1040. The summed E-state index contributed by atoms with van der Waals surface area (Å²) in [4.78, 5) is 8.61. The van der Waals surface area contributed by atoms with Crippen LogP contribution in [0.4, 0.5) is 5.82 Å². The molecule has 0 saturated heterocycles. The van der Waals surface area contributed by atoms with E-state index in [1.165, 1.54) is 31.0 Å². The molecule has 3 rings (SSSR count). The molecule has 0 atom stereocenters. The molecule has 1 aromatic heterocycles. The first-order valence-electron chi connectivity index (χ1n) is 7.12. The maximum Gasteiger partial charge on any atom is 0.266 e. The van der Waals surface area contributed by atoms with E-state index in [1.807, 2.05) is 12.3 Å². The van der Waals surface area contributed by atoms with Crippen molar-refractivity contribution in [2.24, 2.45) is 0 Å². The lowest BCUT2D eigenvalue weighted by Gasteiger charge is -2.13.